The molecule has 0 bridgehead atoms. The zero-order valence-corrected chi connectivity index (χ0v) is 20.3. The van der Waals surface area contributed by atoms with Crippen molar-refractivity contribution in [3.8, 4) is 0 Å². The summed E-state index contributed by atoms with van der Waals surface area (Å²) in [6, 6.07) is 14.4. The molecular formula is C22H21FN6O5PS+. The highest BCUT2D eigenvalue weighted by Gasteiger charge is 2.50. The molecule has 1 fully saturated rings. The van der Waals surface area contributed by atoms with E-state index in [4.69, 9.17) is 9.26 Å². The highest BCUT2D eigenvalue weighted by Crippen LogP contribution is 2.39. The molecule has 0 spiro atoms. The van der Waals surface area contributed by atoms with Gasteiger partial charge in [0.15, 0.2) is 47.9 Å². The van der Waals surface area contributed by atoms with Crippen molar-refractivity contribution in [2.45, 2.75) is 24.6 Å². The number of ether oxygens (including phenoxy) is 1. The number of fused-ring (bicyclic) bond motifs is 1. The normalized spacial score (nSPS) is 21.5. The molecule has 186 valence electrons. The van der Waals surface area contributed by atoms with Crippen LogP contribution in [0, 0.1) is 0 Å². The number of benzene rings is 1. The van der Waals surface area contributed by atoms with Gasteiger partial charge in [-0.15, -0.1) is 0 Å². The molecule has 3 N–H and O–H groups in total. The third-order valence-corrected chi connectivity index (χ3v) is 5.84. The lowest BCUT2D eigenvalue weighted by molar-refractivity contribution is -0.377. The molecule has 0 saturated carbocycles. The van der Waals surface area contributed by atoms with Gasteiger partial charge >= 0.3 is 7.23 Å². The quantitative estimate of drug-likeness (QED) is 0.283. The highest BCUT2D eigenvalue weighted by molar-refractivity contribution is 8.25. The molecular weight excluding hydrogens is 510 g/mol. The molecule has 11 nitrogen and oxygen atoms in total. The maximum absolute atomic E-state index is 15.0. The molecule has 0 radical (unpaired) electrons. The van der Waals surface area contributed by atoms with E-state index in [-0.39, 0.29) is 17.0 Å². The Bertz CT molecular complexity index is 1290. The lowest BCUT2D eigenvalue weighted by Gasteiger charge is -2.15. The monoisotopic (exact) mass is 531 g/mol. The van der Waals surface area contributed by atoms with Crippen molar-refractivity contribution in [3.05, 3.63) is 79.1 Å². The number of H-pyrrole nitrogens is 1. The third kappa shape index (κ3) is 5.89. The summed E-state index contributed by atoms with van der Waals surface area (Å²) in [5.41, 5.74) is 0.841. The number of nitrogens with one attached hydrogen (secondary N) is 2. The number of imidazole rings is 1. The number of amides is 1. The molecule has 1 amide bonds. The second-order valence-corrected chi connectivity index (χ2v) is 8.98. The van der Waals surface area contributed by atoms with E-state index in [1.807, 2.05) is 30.6 Å². The number of halogens is 1. The Morgan fingerprint density at radius 1 is 1.19 bits per heavy atom. The predicted molar refractivity (Wildman–Crippen MR) is 128 cm³/mol. The van der Waals surface area contributed by atoms with Crippen LogP contribution >= 0.6 is 7.23 Å². The van der Waals surface area contributed by atoms with Crippen LogP contribution in [0.15, 0.2) is 73.6 Å². The van der Waals surface area contributed by atoms with Crippen LogP contribution in [0.4, 0.5) is 10.2 Å². The van der Waals surface area contributed by atoms with E-state index in [0.717, 1.165) is 0 Å². The largest absolute Gasteiger partial charge is 0.408 e. The molecule has 1 aromatic carbocycles. The number of hydrogen-bond acceptors (Lipinski definition) is 9. The van der Waals surface area contributed by atoms with Gasteiger partial charge in [0, 0.05) is 17.7 Å². The van der Waals surface area contributed by atoms with Crippen LogP contribution in [0.1, 0.15) is 16.6 Å². The summed E-state index contributed by atoms with van der Waals surface area (Å²) in [4.78, 5) is 27.6. The maximum atomic E-state index is 15.0. The summed E-state index contributed by atoms with van der Waals surface area (Å²) in [7, 11) is -2.51. The first kappa shape index (κ1) is 25.7. The smallest absolute Gasteiger partial charge is 0.372 e. The predicted octanol–water partition coefficient (Wildman–Crippen LogP) is 2.40. The first-order valence-electron chi connectivity index (χ1n) is 10.7. The fraction of sp³-hybridized carbons (Fsp3) is 0.227. The number of carbonyl (C=O) groups is 1. The Morgan fingerprint density at radius 3 is 2.53 bits per heavy atom. The van der Waals surface area contributed by atoms with Crippen molar-refractivity contribution in [2.75, 3.05) is 11.9 Å². The minimum atomic E-state index is -2.51. The van der Waals surface area contributed by atoms with Crippen LogP contribution in [0.2, 0.25) is 0 Å². The zero-order valence-electron chi connectivity index (χ0n) is 18.5. The Kier molecular flexibility index (Phi) is 8.62. The van der Waals surface area contributed by atoms with Gasteiger partial charge in [-0.3, -0.25) is 9.36 Å². The third-order valence-electron chi connectivity index (χ3n) is 5.16. The van der Waals surface area contributed by atoms with Crippen molar-refractivity contribution >= 4 is 42.4 Å². The number of aliphatic hydroxyl groups is 1. The number of alkyl halides is 1. The first-order valence-corrected chi connectivity index (χ1v) is 12.8. The number of aromatic amines is 1. The Hall–Kier alpha value is -3.35. The van der Waals surface area contributed by atoms with Gasteiger partial charge in [-0.05, 0) is 12.1 Å². The second kappa shape index (κ2) is 12.1. The number of pyridine rings is 1. The number of aliphatic hydroxyl groups excluding tert-OH is 1. The highest BCUT2D eigenvalue weighted by atomic mass is 32.7. The molecule has 1 aliphatic heterocycles. The second-order valence-electron chi connectivity index (χ2n) is 7.43. The summed E-state index contributed by atoms with van der Waals surface area (Å²) in [6.45, 7) is -0.555. The fourth-order valence-electron chi connectivity index (χ4n) is 3.53. The Labute approximate surface area is 210 Å². The molecule has 1 unspecified atom stereocenters. The average Bonchev–Trinajstić information content (AvgIpc) is 3.47. The number of carbonyl (C=O) groups excluding carboxylic acids is 1. The van der Waals surface area contributed by atoms with E-state index in [9.17, 15) is 18.9 Å². The van der Waals surface area contributed by atoms with Crippen molar-refractivity contribution in [2.24, 2.45) is 0 Å². The molecule has 3 aromatic heterocycles. The molecule has 4 aromatic rings. The van der Waals surface area contributed by atoms with Crippen LogP contribution in [0.3, 0.4) is 0 Å². The summed E-state index contributed by atoms with van der Waals surface area (Å²) in [5, 5.41) is 12.1. The minimum absolute atomic E-state index is 0.140. The van der Waals surface area contributed by atoms with Gasteiger partial charge in [0.1, 0.15) is 12.4 Å². The average molecular weight is 531 g/mol. The summed E-state index contributed by atoms with van der Waals surface area (Å²) < 4.78 is 38.0. The molecule has 0 aliphatic carbocycles. The van der Waals surface area contributed by atoms with Crippen LogP contribution < -0.4 is 10.3 Å². The van der Waals surface area contributed by atoms with Crippen molar-refractivity contribution in [1.82, 2.24) is 19.5 Å². The van der Waals surface area contributed by atoms with Crippen molar-refractivity contribution in [3.63, 3.8) is 0 Å². The van der Waals surface area contributed by atoms with E-state index in [0.29, 0.717) is 5.56 Å². The first-order chi connectivity index (χ1) is 17.5. The van der Waals surface area contributed by atoms with Gasteiger partial charge in [0.2, 0.25) is 0 Å². The van der Waals surface area contributed by atoms with Gasteiger partial charge in [0.25, 0.3) is 5.91 Å². The minimum Gasteiger partial charge on any atom is -0.408 e. The van der Waals surface area contributed by atoms with Gasteiger partial charge in [0.05, 0.1) is 12.9 Å². The van der Waals surface area contributed by atoms with Crippen LogP contribution in [-0.4, -0.2) is 55.5 Å². The fourth-order valence-corrected chi connectivity index (χ4v) is 4.28. The lowest BCUT2D eigenvalue weighted by atomic mass is 10.1. The molecule has 36 heavy (non-hydrogen) atoms. The number of aromatic nitrogens is 5. The molecule has 14 heteroatoms. The van der Waals surface area contributed by atoms with E-state index in [2.05, 4.69) is 37.5 Å². The van der Waals surface area contributed by atoms with Crippen molar-refractivity contribution in [1.29, 1.82) is 0 Å². The van der Waals surface area contributed by atoms with Crippen LogP contribution in [-0.2, 0) is 26.1 Å². The van der Waals surface area contributed by atoms with Crippen LogP contribution in [0.5, 0.6) is 0 Å². The summed E-state index contributed by atoms with van der Waals surface area (Å²) in [6.07, 6.45) is 0.801. The van der Waals surface area contributed by atoms with Gasteiger partial charge in [-0.2, -0.15) is 4.52 Å². The van der Waals surface area contributed by atoms with Gasteiger partial charge in [-0.1, -0.05) is 28.8 Å². The van der Waals surface area contributed by atoms with Crippen molar-refractivity contribution < 1.29 is 33.1 Å². The number of rotatable bonds is 6. The Balaban J connectivity index is 0.000000445. The maximum Gasteiger partial charge on any atom is 0.372 e. The zero-order chi connectivity index (χ0) is 25.5. The number of nitrogens with zero attached hydrogens (tertiary/aromatic N) is 4. The molecule has 4 heterocycles. The van der Waals surface area contributed by atoms with Gasteiger partial charge in [-0.25, -0.2) is 24.3 Å². The Morgan fingerprint density at radius 2 is 1.92 bits per heavy atom. The van der Waals surface area contributed by atoms with Gasteiger partial charge < -0.3 is 27.4 Å². The molecule has 5 atom stereocenters. The van der Waals surface area contributed by atoms with Crippen LogP contribution in [0.25, 0.3) is 11.2 Å². The summed E-state index contributed by atoms with van der Waals surface area (Å²) >= 11 is 4.49. The number of anilines is 1. The molecule has 1 saturated heterocycles. The summed E-state index contributed by atoms with van der Waals surface area (Å²) in [5.74, 6) is -0.255. The van der Waals surface area contributed by atoms with E-state index < -0.39 is 44.4 Å². The molecule has 1 aliphatic rings. The molecule has 5 rings (SSSR count). The standard InChI is InChI=1S/C17H15FN5O5PS.C5H5N/c18-11-13(28-29(26)30)10(6-24)27-17(11)23-8-21-12-14(19-7-20-15(12)23)22-16(25)9-4-2-1-3-5-9;1-2-4-6-5-3-1/h1-5,7-8,10-11,13,17,24H,6H2,(H,19,20,22,25);1-5H/p+1/t10-,11+,13-,17-;/m1./s1. The lowest BCUT2D eigenvalue weighted by Crippen LogP contribution is -2.32. The topological polar surface area (TPSA) is 143 Å². The SMILES string of the molecule is O=C(Nc1ncnc2c1ncn2[C@@H]1O[C@H](CO)[C@@H](O[P+](=O)[S-])[C@@H]1F)c1ccccc1.c1cc[nH+]cc1. The van der Waals surface area contributed by atoms with E-state index in [1.54, 1.807) is 30.3 Å². The number of hydrogen-bond donors (Lipinski definition) is 2. The van der Waals surface area contributed by atoms with E-state index in [1.165, 1.54) is 17.2 Å². The van der Waals surface area contributed by atoms with E-state index >= 15 is 0 Å².